The zero-order valence-corrected chi connectivity index (χ0v) is 13.6. The van der Waals surface area contributed by atoms with Crippen LogP contribution in [0.15, 0.2) is 22.7 Å². The van der Waals surface area contributed by atoms with Crippen molar-refractivity contribution in [2.45, 2.75) is 12.2 Å². The third kappa shape index (κ3) is 4.25. The Bertz CT molecular complexity index is 386. The minimum Gasteiger partial charge on any atom is -0.351 e. The molecule has 2 nitrogen and oxygen atoms in total. The van der Waals surface area contributed by atoms with Crippen molar-refractivity contribution in [2.75, 3.05) is 12.8 Å². The summed E-state index contributed by atoms with van der Waals surface area (Å²) < 4.78 is 1.89. The lowest BCUT2D eigenvalue weighted by atomic mass is 10.2. The number of carbonyl (C=O) groups excluding carboxylic acids is 1. The minimum absolute atomic E-state index is 0.00778. The van der Waals surface area contributed by atoms with Crippen molar-refractivity contribution in [1.29, 1.82) is 0 Å². The van der Waals surface area contributed by atoms with Crippen LogP contribution in [0, 0.1) is 3.57 Å². The maximum Gasteiger partial charge on any atom is 0.252 e. The van der Waals surface area contributed by atoms with Gasteiger partial charge in [0.15, 0.2) is 0 Å². The lowest BCUT2D eigenvalue weighted by molar-refractivity contribution is 0.0953. The molecule has 1 rings (SSSR count). The van der Waals surface area contributed by atoms with E-state index < -0.39 is 0 Å². The third-order valence-corrected chi connectivity index (χ3v) is 4.53. The van der Waals surface area contributed by atoms with Crippen LogP contribution in [-0.2, 0) is 0 Å². The van der Waals surface area contributed by atoms with E-state index in [-0.39, 0.29) is 5.91 Å². The van der Waals surface area contributed by atoms with Gasteiger partial charge in [-0.2, -0.15) is 11.8 Å². The fourth-order valence-electron chi connectivity index (χ4n) is 1.09. The predicted octanol–water partition coefficient (Wildman–Crippen LogP) is 3.54. The summed E-state index contributed by atoms with van der Waals surface area (Å²) >= 11 is 7.29. The van der Waals surface area contributed by atoms with Crippen LogP contribution in [0.1, 0.15) is 17.3 Å². The van der Waals surface area contributed by atoms with Crippen LogP contribution in [0.25, 0.3) is 0 Å². The van der Waals surface area contributed by atoms with Crippen LogP contribution >= 0.6 is 50.3 Å². The Morgan fingerprint density at radius 2 is 2.31 bits per heavy atom. The van der Waals surface area contributed by atoms with E-state index in [2.05, 4.69) is 50.8 Å². The number of hydrogen-bond donors (Lipinski definition) is 1. The van der Waals surface area contributed by atoms with Crippen molar-refractivity contribution in [3.05, 3.63) is 31.8 Å². The molecule has 1 aromatic rings. The summed E-state index contributed by atoms with van der Waals surface area (Å²) in [5.41, 5.74) is 0.725. The van der Waals surface area contributed by atoms with E-state index in [0.29, 0.717) is 11.8 Å². The van der Waals surface area contributed by atoms with Gasteiger partial charge in [0.2, 0.25) is 0 Å². The molecule has 0 bridgehead atoms. The molecule has 1 N–H and O–H groups in total. The first-order chi connectivity index (χ1) is 7.54. The fourth-order valence-corrected chi connectivity index (χ4v) is 2.28. The van der Waals surface area contributed by atoms with E-state index in [9.17, 15) is 4.79 Å². The van der Waals surface area contributed by atoms with Gasteiger partial charge < -0.3 is 5.32 Å². The van der Waals surface area contributed by atoms with Gasteiger partial charge in [-0.1, -0.05) is 22.9 Å². The van der Waals surface area contributed by atoms with E-state index in [1.54, 1.807) is 11.8 Å². The van der Waals surface area contributed by atoms with E-state index in [1.807, 2.05) is 24.5 Å². The number of hydrogen-bond acceptors (Lipinski definition) is 2. The van der Waals surface area contributed by atoms with E-state index in [4.69, 9.17) is 0 Å². The summed E-state index contributed by atoms with van der Waals surface area (Å²) in [5, 5.41) is 3.37. The maximum atomic E-state index is 11.9. The summed E-state index contributed by atoms with van der Waals surface area (Å²) in [6.07, 6.45) is 2.04. The molecule has 5 heteroatoms. The molecule has 1 atom stereocenters. The number of carbonyl (C=O) groups is 1. The topological polar surface area (TPSA) is 29.1 Å². The van der Waals surface area contributed by atoms with E-state index >= 15 is 0 Å². The van der Waals surface area contributed by atoms with Crippen LogP contribution in [0.3, 0.4) is 0 Å². The Balaban J connectivity index is 2.69. The highest BCUT2D eigenvalue weighted by atomic mass is 127. The summed E-state index contributed by atoms with van der Waals surface area (Å²) in [6.45, 7) is 2.79. The molecule has 0 spiro atoms. The van der Waals surface area contributed by atoms with Gasteiger partial charge in [-0.15, -0.1) is 0 Å². The van der Waals surface area contributed by atoms with Crippen molar-refractivity contribution in [2.24, 2.45) is 0 Å². The molecule has 0 aliphatic rings. The second kappa shape index (κ2) is 6.86. The smallest absolute Gasteiger partial charge is 0.252 e. The average Bonchev–Trinajstić information content (AvgIpc) is 2.28. The molecule has 0 heterocycles. The van der Waals surface area contributed by atoms with Crippen molar-refractivity contribution >= 4 is 56.2 Å². The number of amides is 1. The SMILES string of the molecule is CSC(C)CNC(=O)c1cc(Br)ccc1I. The number of thioether (sulfide) groups is 1. The predicted molar refractivity (Wildman–Crippen MR) is 82.2 cm³/mol. The van der Waals surface area contributed by atoms with Gasteiger partial charge in [0.25, 0.3) is 5.91 Å². The van der Waals surface area contributed by atoms with Crippen molar-refractivity contribution < 1.29 is 4.79 Å². The van der Waals surface area contributed by atoms with Gasteiger partial charge in [0.05, 0.1) is 5.56 Å². The van der Waals surface area contributed by atoms with Gasteiger partial charge >= 0.3 is 0 Å². The Kier molecular flexibility index (Phi) is 6.13. The number of halogens is 2. The minimum atomic E-state index is -0.00778. The van der Waals surface area contributed by atoms with Crippen LogP contribution < -0.4 is 5.32 Å². The van der Waals surface area contributed by atoms with Crippen LogP contribution in [0.4, 0.5) is 0 Å². The molecular weight excluding hydrogens is 401 g/mol. The lowest BCUT2D eigenvalue weighted by Crippen LogP contribution is -2.29. The van der Waals surface area contributed by atoms with Crippen molar-refractivity contribution in [3.63, 3.8) is 0 Å². The first kappa shape index (κ1) is 14.3. The molecule has 0 aromatic heterocycles. The number of rotatable bonds is 4. The van der Waals surface area contributed by atoms with Gasteiger partial charge in [-0.3, -0.25) is 4.79 Å². The number of nitrogens with one attached hydrogen (secondary N) is 1. The average molecular weight is 414 g/mol. The molecule has 0 aliphatic carbocycles. The van der Waals surface area contributed by atoms with Gasteiger partial charge in [-0.05, 0) is 47.0 Å². The van der Waals surface area contributed by atoms with Crippen LogP contribution in [0.2, 0.25) is 0 Å². The second-order valence-corrected chi connectivity index (χ2v) is 6.73. The molecule has 0 fully saturated rings. The summed E-state index contributed by atoms with van der Waals surface area (Å²) in [4.78, 5) is 11.9. The third-order valence-electron chi connectivity index (χ3n) is 2.13. The Morgan fingerprint density at radius 3 is 2.94 bits per heavy atom. The highest BCUT2D eigenvalue weighted by Crippen LogP contribution is 2.18. The zero-order valence-electron chi connectivity index (χ0n) is 9.09. The molecule has 0 saturated heterocycles. The molecular formula is C11H13BrINOS. The summed E-state index contributed by atoms with van der Waals surface area (Å²) in [6, 6.07) is 5.71. The highest BCUT2D eigenvalue weighted by molar-refractivity contribution is 14.1. The first-order valence-corrected chi connectivity index (χ1v) is 7.96. The van der Waals surface area contributed by atoms with Crippen molar-refractivity contribution in [3.8, 4) is 0 Å². The van der Waals surface area contributed by atoms with Crippen LogP contribution in [-0.4, -0.2) is 24.0 Å². The first-order valence-electron chi connectivity index (χ1n) is 4.80. The quantitative estimate of drug-likeness (QED) is 0.765. The Morgan fingerprint density at radius 1 is 1.62 bits per heavy atom. The molecule has 0 radical (unpaired) electrons. The molecule has 0 aliphatic heterocycles. The molecule has 1 amide bonds. The van der Waals surface area contributed by atoms with Gasteiger partial charge in [-0.25, -0.2) is 0 Å². The molecule has 1 aromatic carbocycles. The highest BCUT2D eigenvalue weighted by Gasteiger charge is 2.11. The Labute approximate surface area is 122 Å². The van der Waals surface area contributed by atoms with E-state index in [0.717, 1.165) is 13.6 Å². The summed E-state index contributed by atoms with van der Waals surface area (Å²) in [7, 11) is 0. The van der Waals surface area contributed by atoms with Crippen molar-refractivity contribution in [1.82, 2.24) is 5.32 Å². The largest absolute Gasteiger partial charge is 0.351 e. The van der Waals surface area contributed by atoms with Gasteiger partial charge in [0, 0.05) is 19.8 Å². The summed E-state index contributed by atoms with van der Waals surface area (Å²) in [5.74, 6) is -0.00778. The fraction of sp³-hybridized carbons (Fsp3) is 0.364. The Hall–Kier alpha value is 0.250. The lowest BCUT2D eigenvalue weighted by Gasteiger charge is -2.11. The molecule has 0 saturated carbocycles. The number of benzene rings is 1. The standard InChI is InChI=1S/C11H13BrINOS/c1-7(16-2)6-14-11(15)9-5-8(12)3-4-10(9)13/h3-5,7H,6H2,1-2H3,(H,14,15). The normalized spacial score (nSPS) is 12.2. The van der Waals surface area contributed by atoms with E-state index in [1.165, 1.54) is 0 Å². The monoisotopic (exact) mass is 413 g/mol. The van der Waals surface area contributed by atoms with Gasteiger partial charge in [0.1, 0.15) is 0 Å². The molecule has 16 heavy (non-hydrogen) atoms. The molecule has 88 valence electrons. The zero-order chi connectivity index (χ0) is 12.1. The second-order valence-electron chi connectivity index (χ2n) is 3.38. The van der Waals surface area contributed by atoms with Crippen LogP contribution in [0.5, 0.6) is 0 Å². The maximum absolute atomic E-state index is 11.9. The molecule has 1 unspecified atom stereocenters.